The van der Waals surface area contributed by atoms with Crippen molar-refractivity contribution >= 4 is 26.8 Å². The maximum absolute atomic E-state index is 12.3. The van der Waals surface area contributed by atoms with Crippen LogP contribution in [-0.4, -0.2) is 54.6 Å². The van der Waals surface area contributed by atoms with Gasteiger partial charge in [0.05, 0.1) is 34.7 Å². The highest BCUT2D eigenvalue weighted by Crippen LogP contribution is 2.17. The number of nitrogens with zero attached hydrogens (tertiary/aromatic N) is 2. The third kappa shape index (κ3) is 3.23. The molecule has 0 spiro atoms. The molecule has 1 aromatic carbocycles. The van der Waals surface area contributed by atoms with Crippen LogP contribution in [0.3, 0.4) is 0 Å². The maximum atomic E-state index is 12.3. The van der Waals surface area contributed by atoms with E-state index in [9.17, 15) is 13.2 Å². The van der Waals surface area contributed by atoms with Gasteiger partial charge in [-0.2, -0.15) is 0 Å². The molecule has 124 valence electrons. The minimum Gasteiger partial charge on any atom is -0.378 e. The van der Waals surface area contributed by atoms with Crippen LogP contribution in [0.1, 0.15) is 5.82 Å². The van der Waals surface area contributed by atoms with Crippen LogP contribution in [-0.2, 0) is 25.9 Å². The number of hydrogen-bond acceptors (Lipinski definition) is 5. The fraction of sp³-hybridized carbons (Fsp3) is 0.467. The summed E-state index contributed by atoms with van der Waals surface area (Å²) in [4.78, 5) is 16.7. The van der Waals surface area contributed by atoms with E-state index in [4.69, 9.17) is 4.74 Å². The van der Waals surface area contributed by atoms with Crippen molar-refractivity contribution in [2.45, 2.75) is 25.6 Å². The molecule has 3 rings (SSSR count). The second kappa shape index (κ2) is 5.93. The molecule has 23 heavy (non-hydrogen) atoms. The molecule has 1 aliphatic heterocycles. The van der Waals surface area contributed by atoms with Crippen molar-refractivity contribution in [2.24, 2.45) is 0 Å². The molecule has 1 aliphatic rings. The van der Waals surface area contributed by atoms with Gasteiger partial charge in [-0.3, -0.25) is 4.79 Å². The van der Waals surface area contributed by atoms with Gasteiger partial charge in [-0.05, 0) is 19.1 Å². The van der Waals surface area contributed by atoms with Gasteiger partial charge in [0.2, 0.25) is 5.91 Å². The summed E-state index contributed by atoms with van der Waals surface area (Å²) in [6, 6.07) is 7.07. The highest BCUT2D eigenvalue weighted by molar-refractivity contribution is 7.91. The Kier molecular flexibility index (Phi) is 4.11. The molecular formula is C15H19N3O4S. The Labute approximate surface area is 134 Å². The van der Waals surface area contributed by atoms with Crippen molar-refractivity contribution in [1.82, 2.24) is 14.9 Å². The van der Waals surface area contributed by atoms with Crippen molar-refractivity contribution in [3.63, 3.8) is 0 Å². The number of para-hydroxylation sites is 2. The van der Waals surface area contributed by atoms with Crippen molar-refractivity contribution in [2.75, 3.05) is 18.6 Å². The average molecular weight is 337 g/mol. The summed E-state index contributed by atoms with van der Waals surface area (Å²) in [7, 11) is -1.71. The SMILES string of the molecule is CO[C@@H]1CS(=O)(=O)C[C@H]1NC(=O)Cn1c(C)nc2ccccc21. The molecule has 0 unspecified atom stereocenters. The van der Waals surface area contributed by atoms with Crippen LogP contribution < -0.4 is 5.32 Å². The molecule has 0 saturated carbocycles. The fourth-order valence-corrected chi connectivity index (χ4v) is 4.82. The Morgan fingerprint density at radius 3 is 2.87 bits per heavy atom. The molecule has 2 heterocycles. The minimum absolute atomic E-state index is 0.0541. The molecule has 1 aromatic heterocycles. The zero-order valence-electron chi connectivity index (χ0n) is 13.0. The number of aryl methyl sites for hydroxylation is 1. The predicted molar refractivity (Wildman–Crippen MR) is 85.9 cm³/mol. The smallest absolute Gasteiger partial charge is 0.240 e. The Hall–Kier alpha value is -1.93. The average Bonchev–Trinajstić information content (AvgIpc) is 2.95. The van der Waals surface area contributed by atoms with Gasteiger partial charge in [0.15, 0.2) is 9.84 Å². The van der Waals surface area contributed by atoms with E-state index in [0.717, 1.165) is 16.9 Å². The van der Waals surface area contributed by atoms with Crippen LogP contribution in [0.4, 0.5) is 0 Å². The molecule has 0 bridgehead atoms. The summed E-state index contributed by atoms with van der Waals surface area (Å²) in [5, 5.41) is 2.77. The van der Waals surface area contributed by atoms with Crippen LogP contribution in [0.15, 0.2) is 24.3 Å². The molecule has 0 radical (unpaired) electrons. The largest absolute Gasteiger partial charge is 0.378 e. The van der Waals surface area contributed by atoms with Crippen molar-refractivity contribution in [3.8, 4) is 0 Å². The lowest BCUT2D eigenvalue weighted by molar-refractivity contribution is -0.122. The summed E-state index contributed by atoms with van der Waals surface area (Å²) >= 11 is 0. The van der Waals surface area contributed by atoms with E-state index in [1.165, 1.54) is 7.11 Å². The number of imidazole rings is 1. The van der Waals surface area contributed by atoms with E-state index in [1.807, 2.05) is 35.8 Å². The number of aromatic nitrogens is 2. The molecule has 2 aromatic rings. The van der Waals surface area contributed by atoms with E-state index < -0.39 is 22.0 Å². The first-order valence-corrected chi connectivity index (χ1v) is 9.16. The number of methoxy groups -OCH3 is 1. The fourth-order valence-electron chi connectivity index (χ4n) is 2.97. The monoisotopic (exact) mass is 337 g/mol. The lowest BCUT2D eigenvalue weighted by Crippen LogP contribution is -2.44. The zero-order chi connectivity index (χ0) is 16.6. The Morgan fingerprint density at radius 2 is 2.13 bits per heavy atom. The topological polar surface area (TPSA) is 90.3 Å². The minimum atomic E-state index is -3.17. The summed E-state index contributed by atoms with van der Waals surface area (Å²) in [6.45, 7) is 1.94. The first kappa shape index (κ1) is 15.9. The van der Waals surface area contributed by atoms with E-state index in [2.05, 4.69) is 10.3 Å². The van der Waals surface area contributed by atoms with Gasteiger partial charge in [-0.15, -0.1) is 0 Å². The lowest BCUT2D eigenvalue weighted by Gasteiger charge is -2.18. The van der Waals surface area contributed by atoms with Crippen LogP contribution in [0.2, 0.25) is 0 Å². The predicted octanol–water partition coefficient (Wildman–Crippen LogP) is 0.273. The molecule has 2 atom stereocenters. The van der Waals surface area contributed by atoms with Gasteiger partial charge in [0.25, 0.3) is 0 Å². The van der Waals surface area contributed by atoms with Gasteiger partial charge in [-0.25, -0.2) is 13.4 Å². The third-order valence-electron chi connectivity index (χ3n) is 4.10. The first-order chi connectivity index (χ1) is 10.9. The molecule has 1 saturated heterocycles. The molecule has 1 fully saturated rings. The second-order valence-corrected chi connectivity index (χ2v) is 7.91. The van der Waals surface area contributed by atoms with Gasteiger partial charge >= 0.3 is 0 Å². The molecule has 1 amide bonds. The number of sulfone groups is 1. The number of hydrogen-bond donors (Lipinski definition) is 1. The summed E-state index contributed by atoms with van der Waals surface area (Å²) in [5.41, 5.74) is 1.71. The van der Waals surface area contributed by atoms with Gasteiger partial charge in [0.1, 0.15) is 12.4 Å². The number of carbonyl (C=O) groups excluding carboxylic acids is 1. The molecule has 7 nitrogen and oxygen atoms in total. The maximum Gasteiger partial charge on any atom is 0.240 e. The van der Waals surface area contributed by atoms with Crippen LogP contribution in [0, 0.1) is 6.92 Å². The Bertz CT molecular complexity index is 844. The van der Waals surface area contributed by atoms with Crippen LogP contribution in [0.5, 0.6) is 0 Å². The van der Waals surface area contributed by atoms with Crippen molar-refractivity contribution in [1.29, 1.82) is 0 Å². The summed E-state index contributed by atoms with van der Waals surface area (Å²) in [6.07, 6.45) is -0.496. The second-order valence-electron chi connectivity index (χ2n) is 5.76. The Balaban J connectivity index is 1.75. The zero-order valence-corrected chi connectivity index (χ0v) is 13.8. The van der Waals surface area contributed by atoms with E-state index in [1.54, 1.807) is 0 Å². The van der Waals surface area contributed by atoms with Crippen LogP contribution in [0.25, 0.3) is 11.0 Å². The molecule has 8 heteroatoms. The summed E-state index contributed by atoms with van der Waals surface area (Å²) < 4.78 is 30.4. The number of fused-ring (bicyclic) bond motifs is 1. The number of rotatable bonds is 4. The lowest BCUT2D eigenvalue weighted by atomic mass is 10.2. The van der Waals surface area contributed by atoms with Gasteiger partial charge < -0.3 is 14.6 Å². The standard InChI is InChI=1S/C15H19N3O4S/c1-10-16-11-5-3-4-6-13(11)18(10)7-15(19)17-12-8-23(20,21)9-14(12)22-2/h3-6,12,14H,7-9H2,1-2H3,(H,17,19)/t12-,14-/m1/s1. The molecule has 1 N–H and O–H groups in total. The number of ether oxygens (including phenoxy) is 1. The number of benzene rings is 1. The van der Waals surface area contributed by atoms with Crippen LogP contribution >= 0.6 is 0 Å². The Morgan fingerprint density at radius 1 is 1.39 bits per heavy atom. The van der Waals surface area contributed by atoms with Crippen molar-refractivity contribution in [3.05, 3.63) is 30.1 Å². The molecular weight excluding hydrogens is 318 g/mol. The number of nitrogens with one attached hydrogen (secondary N) is 1. The third-order valence-corrected chi connectivity index (χ3v) is 5.80. The number of carbonyl (C=O) groups is 1. The first-order valence-electron chi connectivity index (χ1n) is 7.34. The van der Waals surface area contributed by atoms with E-state index in [-0.39, 0.29) is 24.0 Å². The highest BCUT2D eigenvalue weighted by Gasteiger charge is 2.38. The van der Waals surface area contributed by atoms with Gasteiger partial charge in [-0.1, -0.05) is 12.1 Å². The summed E-state index contributed by atoms with van der Waals surface area (Å²) in [5.74, 6) is 0.353. The van der Waals surface area contributed by atoms with Crippen molar-refractivity contribution < 1.29 is 17.9 Å². The normalized spacial score (nSPS) is 23.2. The number of amides is 1. The van der Waals surface area contributed by atoms with E-state index in [0.29, 0.717) is 0 Å². The van der Waals surface area contributed by atoms with Gasteiger partial charge in [0, 0.05) is 7.11 Å². The molecule has 0 aliphatic carbocycles. The highest BCUT2D eigenvalue weighted by atomic mass is 32.2. The quantitative estimate of drug-likeness (QED) is 0.865. The van der Waals surface area contributed by atoms with E-state index >= 15 is 0 Å².